The van der Waals surface area contributed by atoms with Gasteiger partial charge in [-0.05, 0) is 41.4 Å². The summed E-state index contributed by atoms with van der Waals surface area (Å²) in [7, 11) is 0. The highest BCUT2D eigenvalue weighted by atomic mass is 79.9. The second kappa shape index (κ2) is 7.69. The third-order valence-corrected chi connectivity index (χ3v) is 3.29. The zero-order valence-corrected chi connectivity index (χ0v) is 13.3. The molecule has 1 aromatic carbocycles. The Kier molecular flexibility index (Phi) is 6.24. The minimum atomic E-state index is -0.312. The Balaban J connectivity index is 2.96. The number of nitrogens with one attached hydrogen (secondary N) is 1. The molecule has 0 unspecified atom stereocenters. The molecule has 0 aliphatic rings. The number of aliphatic imine (C=N–C) groups is 1. The summed E-state index contributed by atoms with van der Waals surface area (Å²) in [6.07, 6.45) is 1.61. The molecule has 108 valence electrons. The number of nitrogens with zero attached hydrogens (tertiary/aromatic N) is 2. The number of hydrogen-bond donors (Lipinski definition) is 2. The molecule has 6 heteroatoms. The summed E-state index contributed by atoms with van der Waals surface area (Å²) in [4.78, 5) is 17.8. The smallest absolute Gasteiger partial charge is 0.328 e. The highest BCUT2D eigenvalue weighted by Crippen LogP contribution is 2.29. The number of guanidine groups is 1. The quantitative estimate of drug-likeness (QED) is 0.503. The van der Waals surface area contributed by atoms with Gasteiger partial charge in [-0.1, -0.05) is 18.2 Å². The van der Waals surface area contributed by atoms with Crippen molar-refractivity contribution in [3.05, 3.63) is 40.9 Å². The van der Waals surface area contributed by atoms with Crippen molar-refractivity contribution in [1.29, 1.82) is 0 Å². The zero-order chi connectivity index (χ0) is 15.1. The first-order valence-electron chi connectivity index (χ1n) is 6.25. The fourth-order valence-corrected chi connectivity index (χ4v) is 2.43. The van der Waals surface area contributed by atoms with Gasteiger partial charge in [-0.2, -0.15) is 0 Å². The number of nitrogens with two attached hydrogens (primary N) is 1. The van der Waals surface area contributed by atoms with Crippen molar-refractivity contribution in [2.45, 2.75) is 13.8 Å². The Hall–Kier alpha value is -1.82. The Morgan fingerprint density at radius 1 is 1.60 bits per heavy atom. The molecule has 0 saturated heterocycles. The largest absolute Gasteiger partial charge is 0.370 e. The number of halogens is 1. The summed E-state index contributed by atoms with van der Waals surface area (Å²) >= 11 is 3.47. The molecular weight excluding hydrogens is 320 g/mol. The second-order valence-corrected chi connectivity index (χ2v) is 4.95. The summed E-state index contributed by atoms with van der Waals surface area (Å²) < 4.78 is 0.858. The molecule has 0 fully saturated rings. The lowest BCUT2D eigenvalue weighted by Crippen LogP contribution is -2.46. The van der Waals surface area contributed by atoms with E-state index < -0.39 is 0 Å². The van der Waals surface area contributed by atoms with E-state index in [1.54, 1.807) is 11.0 Å². The summed E-state index contributed by atoms with van der Waals surface area (Å²) in [5, 5.41) is 2.56. The van der Waals surface area contributed by atoms with Crippen molar-refractivity contribution in [1.82, 2.24) is 5.32 Å². The van der Waals surface area contributed by atoms with Crippen molar-refractivity contribution >= 4 is 33.6 Å². The molecule has 5 nitrogen and oxygen atoms in total. The van der Waals surface area contributed by atoms with Gasteiger partial charge in [0.2, 0.25) is 0 Å². The van der Waals surface area contributed by atoms with Crippen LogP contribution in [0.2, 0.25) is 0 Å². The van der Waals surface area contributed by atoms with Gasteiger partial charge in [-0.25, -0.2) is 9.79 Å². The van der Waals surface area contributed by atoms with Crippen LogP contribution >= 0.6 is 15.9 Å². The van der Waals surface area contributed by atoms with Gasteiger partial charge in [0.1, 0.15) is 0 Å². The third-order valence-electron chi connectivity index (χ3n) is 2.65. The molecule has 1 aromatic rings. The van der Waals surface area contributed by atoms with Gasteiger partial charge in [0.15, 0.2) is 5.96 Å². The number of para-hydroxylation sites is 1. The van der Waals surface area contributed by atoms with E-state index in [0.717, 1.165) is 15.7 Å². The third kappa shape index (κ3) is 4.09. The van der Waals surface area contributed by atoms with Crippen LogP contribution in [0.1, 0.15) is 12.5 Å². The molecule has 2 amide bonds. The summed E-state index contributed by atoms with van der Waals surface area (Å²) in [5.41, 5.74) is 7.46. The molecule has 3 N–H and O–H groups in total. The highest BCUT2D eigenvalue weighted by molar-refractivity contribution is 9.10. The summed E-state index contributed by atoms with van der Waals surface area (Å²) in [5.74, 6) is 0.0815. The van der Waals surface area contributed by atoms with Crippen LogP contribution < -0.4 is 16.0 Å². The van der Waals surface area contributed by atoms with Gasteiger partial charge in [-0.3, -0.25) is 10.2 Å². The molecule has 1 rings (SSSR count). The van der Waals surface area contributed by atoms with Crippen molar-refractivity contribution in [2.75, 3.05) is 18.0 Å². The number of benzene rings is 1. The van der Waals surface area contributed by atoms with E-state index in [1.807, 2.05) is 32.0 Å². The van der Waals surface area contributed by atoms with Crippen LogP contribution in [0.3, 0.4) is 0 Å². The topological polar surface area (TPSA) is 70.7 Å². The normalized spacial score (nSPS) is 11.1. The molecule has 0 aliphatic heterocycles. The highest BCUT2D eigenvalue weighted by Gasteiger charge is 2.18. The first-order valence-corrected chi connectivity index (χ1v) is 7.05. The van der Waals surface area contributed by atoms with Gasteiger partial charge in [-0.15, -0.1) is 6.58 Å². The van der Waals surface area contributed by atoms with Gasteiger partial charge >= 0.3 is 6.03 Å². The molecule has 20 heavy (non-hydrogen) atoms. The summed E-state index contributed by atoms with van der Waals surface area (Å²) in [6, 6.07) is 5.46. The van der Waals surface area contributed by atoms with Gasteiger partial charge in [0, 0.05) is 11.0 Å². The Bertz CT molecular complexity index is 508. The van der Waals surface area contributed by atoms with E-state index in [0.29, 0.717) is 13.1 Å². The number of hydrogen-bond acceptors (Lipinski definition) is 2. The molecule has 0 heterocycles. The molecule has 0 aliphatic carbocycles. The maximum Gasteiger partial charge on any atom is 0.328 e. The first kappa shape index (κ1) is 16.2. The Morgan fingerprint density at radius 3 is 2.85 bits per heavy atom. The first-order chi connectivity index (χ1) is 9.51. The monoisotopic (exact) mass is 338 g/mol. The van der Waals surface area contributed by atoms with Crippen molar-refractivity contribution in [3.63, 3.8) is 0 Å². The molecule has 0 aromatic heterocycles. The van der Waals surface area contributed by atoms with E-state index in [2.05, 4.69) is 32.8 Å². The number of carbonyl (C=O) groups is 1. The lowest BCUT2D eigenvalue weighted by Gasteiger charge is -2.24. The lowest BCUT2D eigenvalue weighted by molar-refractivity contribution is 0.250. The van der Waals surface area contributed by atoms with E-state index in [-0.39, 0.29) is 12.0 Å². The standard InChI is InChI=1S/C14H19BrN4O/c1-4-9-17-13(16)18-14(20)19(5-2)12-10(3)7-6-8-11(12)15/h4,6-8H,1,5,9H2,2-3H3,(H3,16,17,18,20). The number of urea groups is 1. The number of anilines is 1. The predicted molar refractivity (Wildman–Crippen MR) is 87.1 cm³/mol. The molecule has 0 spiro atoms. The number of aryl methyl sites for hydroxylation is 1. The van der Waals surface area contributed by atoms with Crippen LogP contribution in [0.15, 0.2) is 40.3 Å². The number of carbonyl (C=O) groups excluding carboxylic acids is 1. The lowest BCUT2D eigenvalue weighted by atomic mass is 10.2. The molecule has 0 radical (unpaired) electrons. The fourth-order valence-electron chi connectivity index (χ4n) is 1.75. The van der Waals surface area contributed by atoms with E-state index in [4.69, 9.17) is 5.73 Å². The zero-order valence-electron chi connectivity index (χ0n) is 11.7. The average Bonchev–Trinajstić information content (AvgIpc) is 2.40. The predicted octanol–water partition coefficient (Wildman–Crippen LogP) is 2.79. The van der Waals surface area contributed by atoms with Crippen molar-refractivity contribution in [2.24, 2.45) is 10.7 Å². The molecular formula is C14H19BrN4O. The van der Waals surface area contributed by atoms with E-state index in [1.165, 1.54) is 0 Å². The number of rotatable bonds is 4. The Morgan fingerprint density at radius 2 is 2.30 bits per heavy atom. The molecule has 0 bridgehead atoms. The van der Waals surface area contributed by atoms with E-state index >= 15 is 0 Å². The summed E-state index contributed by atoms with van der Waals surface area (Å²) in [6.45, 7) is 8.28. The van der Waals surface area contributed by atoms with Gasteiger partial charge < -0.3 is 5.73 Å². The van der Waals surface area contributed by atoms with Crippen LogP contribution in [0.5, 0.6) is 0 Å². The number of amides is 2. The molecule has 0 saturated carbocycles. The minimum Gasteiger partial charge on any atom is -0.370 e. The fraction of sp³-hybridized carbons (Fsp3) is 0.286. The van der Waals surface area contributed by atoms with Crippen molar-refractivity contribution in [3.8, 4) is 0 Å². The SMILES string of the molecule is C=CCN=C(N)NC(=O)N(CC)c1c(C)cccc1Br. The van der Waals surface area contributed by atoms with Gasteiger partial charge in [0.05, 0.1) is 12.2 Å². The van der Waals surface area contributed by atoms with Crippen LogP contribution in [0.4, 0.5) is 10.5 Å². The Labute approximate surface area is 127 Å². The maximum atomic E-state index is 12.3. The molecule has 0 atom stereocenters. The van der Waals surface area contributed by atoms with Crippen LogP contribution in [-0.2, 0) is 0 Å². The van der Waals surface area contributed by atoms with Crippen LogP contribution in [-0.4, -0.2) is 25.1 Å². The second-order valence-electron chi connectivity index (χ2n) is 4.09. The minimum absolute atomic E-state index is 0.0815. The average molecular weight is 339 g/mol. The van der Waals surface area contributed by atoms with Gasteiger partial charge in [0.25, 0.3) is 0 Å². The maximum absolute atomic E-state index is 12.3. The van der Waals surface area contributed by atoms with E-state index in [9.17, 15) is 4.79 Å². The van der Waals surface area contributed by atoms with Crippen molar-refractivity contribution < 1.29 is 4.79 Å². The van der Waals surface area contributed by atoms with Crippen LogP contribution in [0, 0.1) is 6.92 Å². The van der Waals surface area contributed by atoms with Crippen LogP contribution in [0.25, 0.3) is 0 Å².